The van der Waals surface area contributed by atoms with Crippen molar-refractivity contribution in [3.05, 3.63) is 42.5 Å². The monoisotopic (exact) mass is 350 g/mol. The van der Waals surface area contributed by atoms with Crippen LogP contribution in [0.3, 0.4) is 0 Å². The zero-order chi connectivity index (χ0) is 17.0. The number of fused-ring (bicyclic) bond motifs is 1. The molecule has 4 bridgehead atoms. The number of hydrogen-bond acceptors (Lipinski definition) is 1. The van der Waals surface area contributed by atoms with E-state index in [0.717, 1.165) is 28.6 Å². The maximum atomic E-state index is 5.87. The number of rotatable bonds is 2. The summed E-state index contributed by atoms with van der Waals surface area (Å²) in [5.41, 5.74) is 1.43. The Balaban J connectivity index is 1.41. The summed E-state index contributed by atoms with van der Waals surface area (Å²) >= 11 is 5.87. The second kappa shape index (κ2) is 5.70. The Kier molecular flexibility index (Phi) is 3.56. The average molecular weight is 351 g/mol. The van der Waals surface area contributed by atoms with Crippen LogP contribution >= 0.6 is 12.2 Å². The highest BCUT2D eigenvalue weighted by molar-refractivity contribution is 7.80. The first-order valence-electron chi connectivity index (χ1n) is 9.65. The predicted molar refractivity (Wildman–Crippen MR) is 109 cm³/mol. The van der Waals surface area contributed by atoms with Gasteiger partial charge in [0.05, 0.1) is 0 Å². The Bertz CT molecular complexity index is 787. The Hall–Kier alpha value is -1.61. The summed E-state index contributed by atoms with van der Waals surface area (Å²) in [7, 11) is 2.23. The standard InChI is InChI=1S/C22H26N2S/c1-24(22-12-15-9-16(13-22)11-17(10-15)14-22)21(25)23-20-8-4-6-18-5-2-3-7-19(18)20/h2-8,15-17H,9-14H2,1H3,(H,23,25). The van der Waals surface area contributed by atoms with Crippen molar-refractivity contribution in [2.45, 2.75) is 44.1 Å². The first-order chi connectivity index (χ1) is 12.1. The minimum atomic E-state index is 0.309. The summed E-state index contributed by atoms with van der Waals surface area (Å²) in [5, 5.41) is 6.95. The second-order valence-electron chi connectivity index (χ2n) is 8.66. The van der Waals surface area contributed by atoms with Crippen LogP contribution in [0.15, 0.2) is 42.5 Å². The number of anilines is 1. The molecular weight excluding hydrogens is 324 g/mol. The third-order valence-electron chi connectivity index (χ3n) is 7.05. The van der Waals surface area contributed by atoms with E-state index >= 15 is 0 Å². The lowest BCUT2D eigenvalue weighted by atomic mass is 9.52. The smallest absolute Gasteiger partial charge is 0.173 e. The molecule has 0 atom stereocenters. The van der Waals surface area contributed by atoms with Gasteiger partial charge in [0.1, 0.15) is 0 Å². The predicted octanol–water partition coefficient (Wildman–Crippen LogP) is 5.44. The van der Waals surface area contributed by atoms with Gasteiger partial charge in [-0.1, -0.05) is 36.4 Å². The average Bonchev–Trinajstić information content (AvgIpc) is 2.60. The summed E-state index contributed by atoms with van der Waals surface area (Å²) < 4.78 is 0. The molecule has 130 valence electrons. The summed E-state index contributed by atoms with van der Waals surface area (Å²) in [6, 6.07) is 14.9. The van der Waals surface area contributed by atoms with E-state index in [-0.39, 0.29) is 0 Å². The SMILES string of the molecule is CN(C(=S)Nc1cccc2ccccc12)C12CC3CC(CC(C3)C1)C2. The van der Waals surface area contributed by atoms with Crippen LogP contribution in [-0.4, -0.2) is 22.6 Å². The third kappa shape index (κ3) is 2.55. The lowest BCUT2D eigenvalue weighted by Crippen LogP contribution is -2.60. The van der Waals surface area contributed by atoms with Crippen molar-refractivity contribution in [1.29, 1.82) is 0 Å². The molecule has 4 fully saturated rings. The number of hydrogen-bond donors (Lipinski definition) is 1. The van der Waals surface area contributed by atoms with Gasteiger partial charge in [0.15, 0.2) is 5.11 Å². The zero-order valence-corrected chi connectivity index (χ0v) is 15.7. The van der Waals surface area contributed by atoms with Gasteiger partial charge in [-0.05, 0) is 79.9 Å². The minimum Gasteiger partial charge on any atom is -0.346 e. The van der Waals surface area contributed by atoms with Gasteiger partial charge in [-0.2, -0.15) is 0 Å². The summed E-state index contributed by atoms with van der Waals surface area (Å²) in [5.74, 6) is 2.82. The van der Waals surface area contributed by atoms with Crippen LogP contribution in [0.1, 0.15) is 38.5 Å². The molecule has 4 aliphatic rings. The lowest BCUT2D eigenvalue weighted by Gasteiger charge is -2.60. The van der Waals surface area contributed by atoms with Gasteiger partial charge in [-0.15, -0.1) is 0 Å². The van der Waals surface area contributed by atoms with Crippen LogP contribution in [-0.2, 0) is 0 Å². The van der Waals surface area contributed by atoms with Crippen molar-refractivity contribution >= 4 is 33.8 Å². The van der Waals surface area contributed by atoms with Gasteiger partial charge < -0.3 is 10.2 Å². The molecule has 2 aromatic carbocycles. The van der Waals surface area contributed by atoms with Gasteiger partial charge in [0.25, 0.3) is 0 Å². The van der Waals surface area contributed by atoms with Crippen LogP contribution in [0.25, 0.3) is 10.8 Å². The Morgan fingerprint density at radius 1 is 0.960 bits per heavy atom. The van der Waals surface area contributed by atoms with E-state index in [9.17, 15) is 0 Å². The summed E-state index contributed by atoms with van der Waals surface area (Å²) in [4.78, 5) is 2.43. The van der Waals surface area contributed by atoms with Crippen molar-refractivity contribution in [3.8, 4) is 0 Å². The Morgan fingerprint density at radius 3 is 2.24 bits per heavy atom. The van der Waals surface area contributed by atoms with E-state index in [1.807, 2.05) is 0 Å². The van der Waals surface area contributed by atoms with Crippen molar-refractivity contribution in [1.82, 2.24) is 4.90 Å². The van der Waals surface area contributed by atoms with Crippen LogP contribution in [0.4, 0.5) is 5.69 Å². The van der Waals surface area contributed by atoms with Crippen LogP contribution in [0.5, 0.6) is 0 Å². The number of benzene rings is 2. The van der Waals surface area contributed by atoms with E-state index in [4.69, 9.17) is 12.2 Å². The molecule has 0 saturated heterocycles. The molecule has 3 heteroatoms. The molecule has 0 radical (unpaired) electrons. The summed E-state index contributed by atoms with van der Waals surface area (Å²) in [6.07, 6.45) is 8.43. The third-order valence-corrected chi connectivity index (χ3v) is 7.43. The normalized spacial score (nSPS) is 32.8. The molecule has 4 saturated carbocycles. The molecule has 1 N–H and O–H groups in total. The van der Waals surface area contributed by atoms with Gasteiger partial charge in [-0.3, -0.25) is 0 Å². The van der Waals surface area contributed by atoms with Gasteiger partial charge >= 0.3 is 0 Å². The molecule has 0 aliphatic heterocycles. The lowest BCUT2D eigenvalue weighted by molar-refractivity contribution is -0.0538. The maximum absolute atomic E-state index is 5.87. The van der Waals surface area contributed by atoms with Crippen LogP contribution in [0, 0.1) is 17.8 Å². The quantitative estimate of drug-likeness (QED) is 0.726. The fraction of sp³-hybridized carbons (Fsp3) is 0.500. The van der Waals surface area contributed by atoms with Gasteiger partial charge in [-0.25, -0.2) is 0 Å². The Labute approximate surface area is 155 Å². The molecule has 0 heterocycles. The first-order valence-corrected chi connectivity index (χ1v) is 10.1. The van der Waals surface area contributed by atoms with Crippen LogP contribution in [0.2, 0.25) is 0 Å². The highest BCUT2D eigenvalue weighted by Crippen LogP contribution is 2.57. The van der Waals surface area contributed by atoms with Crippen molar-refractivity contribution < 1.29 is 0 Å². The molecular formula is C22H26N2S. The maximum Gasteiger partial charge on any atom is 0.173 e. The number of nitrogens with zero attached hydrogens (tertiary/aromatic N) is 1. The van der Waals surface area contributed by atoms with E-state index < -0.39 is 0 Å². The van der Waals surface area contributed by atoms with E-state index in [1.54, 1.807) is 0 Å². The minimum absolute atomic E-state index is 0.309. The second-order valence-corrected chi connectivity index (χ2v) is 9.04. The van der Waals surface area contributed by atoms with Crippen molar-refractivity contribution in [2.75, 3.05) is 12.4 Å². The van der Waals surface area contributed by atoms with Crippen molar-refractivity contribution in [3.63, 3.8) is 0 Å². The molecule has 0 spiro atoms. The van der Waals surface area contributed by atoms with E-state index in [1.165, 1.54) is 49.3 Å². The van der Waals surface area contributed by atoms with E-state index in [2.05, 4.69) is 59.7 Å². The topological polar surface area (TPSA) is 15.3 Å². The van der Waals surface area contributed by atoms with Crippen molar-refractivity contribution in [2.24, 2.45) is 17.8 Å². The van der Waals surface area contributed by atoms with Gasteiger partial charge in [0.2, 0.25) is 0 Å². The molecule has 2 nitrogen and oxygen atoms in total. The van der Waals surface area contributed by atoms with E-state index in [0.29, 0.717) is 5.54 Å². The molecule has 0 unspecified atom stereocenters. The molecule has 4 aliphatic carbocycles. The van der Waals surface area contributed by atoms with Crippen LogP contribution < -0.4 is 5.32 Å². The first kappa shape index (κ1) is 15.6. The zero-order valence-electron chi connectivity index (χ0n) is 14.9. The molecule has 25 heavy (non-hydrogen) atoms. The number of nitrogens with one attached hydrogen (secondary N) is 1. The fourth-order valence-electron chi connectivity index (χ4n) is 6.22. The molecule has 2 aromatic rings. The fourth-order valence-corrected chi connectivity index (χ4v) is 6.53. The summed E-state index contributed by atoms with van der Waals surface area (Å²) in [6.45, 7) is 0. The highest BCUT2D eigenvalue weighted by Gasteiger charge is 2.53. The molecule has 0 aromatic heterocycles. The molecule has 0 amide bonds. The highest BCUT2D eigenvalue weighted by atomic mass is 32.1. The largest absolute Gasteiger partial charge is 0.346 e. The number of thiocarbonyl (C=S) groups is 1. The Morgan fingerprint density at radius 2 is 1.56 bits per heavy atom. The van der Waals surface area contributed by atoms with Gasteiger partial charge in [0, 0.05) is 23.7 Å². The molecule has 6 rings (SSSR count).